The fourth-order valence-corrected chi connectivity index (χ4v) is 1.85. The molecular weight excluding hydrogens is 194 g/mol. The molecule has 0 spiro atoms. The monoisotopic (exact) mass is 203 g/mol. The smallest absolute Gasteiger partial charge is 0.307 e. The molecule has 0 radical (unpaired) electrons. The molecule has 1 aliphatic rings. The van der Waals surface area contributed by atoms with Gasteiger partial charge in [0.05, 0.1) is 12.1 Å². The molecule has 0 saturated heterocycles. The van der Waals surface area contributed by atoms with Crippen molar-refractivity contribution in [3.8, 4) is 0 Å². The molecule has 76 valence electrons. The minimum Gasteiger partial charge on any atom is -0.481 e. The summed E-state index contributed by atoms with van der Waals surface area (Å²) in [6.07, 6.45) is 5.98. The van der Waals surface area contributed by atoms with Gasteiger partial charge < -0.3 is 5.11 Å². The quantitative estimate of drug-likeness (QED) is 0.788. The van der Waals surface area contributed by atoms with Gasteiger partial charge in [-0.05, 0) is 12.0 Å². The van der Waals surface area contributed by atoms with Gasteiger partial charge in [0.15, 0.2) is 5.65 Å². The van der Waals surface area contributed by atoms with Crippen LogP contribution in [0.25, 0.3) is 5.65 Å². The van der Waals surface area contributed by atoms with Crippen molar-refractivity contribution in [1.82, 2.24) is 14.6 Å². The summed E-state index contributed by atoms with van der Waals surface area (Å²) in [6, 6.07) is 1.81. The molecule has 0 bridgehead atoms. The van der Waals surface area contributed by atoms with E-state index in [0.29, 0.717) is 6.42 Å². The van der Waals surface area contributed by atoms with E-state index in [2.05, 4.69) is 10.1 Å². The van der Waals surface area contributed by atoms with Crippen LogP contribution >= 0.6 is 0 Å². The van der Waals surface area contributed by atoms with E-state index in [0.717, 1.165) is 11.2 Å². The largest absolute Gasteiger partial charge is 0.481 e. The number of hydrogen-bond acceptors (Lipinski definition) is 3. The van der Waals surface area contributed by atoms with Crippen molar-refractivity contribution in [3.63, 3.8) is 0 Å². The van der Waals surface area contributed by atoms with Crippen LogP contribution in [0.5, 0.6) is 0 Å². The minimum absolute atomic E-state index is 0.114. The van der Waals surface area contributed by atoms with E-state index < -0.39 is 5.97 Å². The SMILES string of the molecule is O=C(O)C1CC1c1cnc2ccnn2c1. The Morgan fingerprint density at radius 3 is 3.20 bits per heavy atom. The number of fused-ring (bicyclic) bond motifs is 1. The molecule has 3 rings (SSSR count). The van der Waals surface area contributed by atoms with Crippen LogP contribution in [-0.2, 0) is 4.79 Å². The highest BCUT2D eigenvalue weighted by Crippen LogP contribution is 2.47. The Morgan fingerprint density at radius 1 is 1.60 bits per heavy atom. The van der Waals surface area contributed by atoms with Gasteiger partial charge in [0.1, 0.15) is 0 Å². The Labute approximate surface area is 85.4 Å². The third-order valence-electron chi connectivity index (χ3n) is 2.80. The Morgan fingerprint density at radius 2 is 2.47 bits per heavy atom. The summed E-state index contributed by atoms with van der Waals surface area (Å²) >= 11 is 0. The van der Waals surface area contributed by atoms with Crippen molar-refractivity contribution in [1.29, 1.82) is 0 Å². The van der Waals surface area contributed by atoms with Crippen LogP contribution in [0.15, 0.2) is 24.7 Å². The molecule has 1 saturated carbocycles. The summed E-state index contributed by atoms with van der Waals surface area (Å²) in [6.45, 7) is 0. The van der Waals surface area contributed by atoms with Gasteiger partial charge in [0.25, 0.3) is 0 Å². The predicted molar refractivity (Wildman–Crippen MR) is 51.5 cm³/mol. The Bertz CT molecular complexity index is 534. The van der Waals surface area contributed by atoms with E-state index >= 15 is 0 Å². The molecule has 1 aliphatic carbocycles. The molecule has 1 fully saturated rings. The first-order valence-electron chi connectivity index (χ1n) is 4.78. The number of nitrogens with zero attached hydrogens (tertiary/aromatic N) is 3. The molecule has 15 heavy (non-hydrogen) atoms. The molecule has 5 nitrogen and oxygen atoms in total. The Kier molecular flexibility index (Phi) is 1.56. The van der Waals surface area contributed by atoms with E-state index in [9.17, 15) is 4.79 Å². The number of aliphatic carboxylic acids is 1. The van der Waals surface area contributed by atoms with Crippen LogP contribution in [0.3, 0.4) is 0 Å². The number of rotatable bonds is 2. The molecule has 2 heterocycles. The molecule has 2 aromatic rings. The van der Waals surface area contributed by atoms with E-state index in [1.807, 2.05) is 12.3 Å². The highest BCUT2D eigenvalue weighted by atomic mass is 16.4. The van der Waals surface area contributed by atoms with Crippen molar-refractivity contribution < 1.29 is 9.90 Å². The second-order valence-electron chi connectivity index (χ2n) is 3.81. The first kappa shape index (κ1) is 8.40. The van der Waals surface area contributed by atoms with E-state index in [-0.39, 0.29) is 11.8 Å². The maximum Gasteiger partial charge on any atom is 0.307 e. The van der Waals surface area contributed by atoms with Crippen molar-refractivity contribution in [2.75, 3.05) is 0 Å². The van der Waals surface area contributed by atoms with Crippen LogP contribution < -0.4 is 0 Å². The topological polar surface area (TPSA) is 67.5 Å². The van der Waals surface area contributed by atoms with Gasteiger partial charge in [-0.2, -0.15) is 5.10 Å². The van der Waals surface area contributed by atoms with Crippen LogP contribution in [0.2, 0.25) is 0 Å². The van der Waals surface area contributed by atoms with Gasteiger partial charge in [-0.3, -0.25) is 4.79 Å². The summed E-state index contributed by atoms with van der Waals surface area (Å²) < 4.78 is 1.67. The molecule has 0 amide bonds. The van der Waals surface area contributed by atoms with Crippen molar-refractivity contribution >= 4 is 11.6 Å². The third-order valence-corrected chi connectivity index (χ3v) is 2.80. The second-order valence-corrected chi connectivity index (χ2v) is 3.81. The molecular formula is C10H9N3O2. The molecule has 1 N–H and O–H groups in total. The highest BCUT2D eigenvalue weighted by molar-refractivity contribution is 5.75. The van der Waals surface area contributed by atoms with E-state index in [1.54, 1.807) is 16.9 Å². The number of carboxylic acids is 1. The molecule has 5 heteroatoms. The zero-order chi connectivity index (χ0) is 10.4. The summed E-state index contributed by atoms with van der Waals surface area (Å²) in [4.78, 5) is 14.9. The fourth-order valence-electron chi connectivity index (χ4n) is 1.85. The van der Waals surface area contributed by atoms with Gasteiger partial charge in [-0.1, -0.05) is 0 Å². The minimum atomic E-state index is -0.722. The first-order chi connectivity index (χ1) is 7.25. The lowest BCUT2D eigenvalue weighted by atomic mass is 10.2. The van der Waals surface area contributed by atoms with Crippen molar-refractivity contribution in [2.45, 2.75) is 12.3 Å². The number of aromatic nitrogens is 3. The maximum atomic E-state index is 10.7. The number of carboxylic acid groups (broad SMARTS) is 1. The lowest BCUT2D eigenvalue weighted by Crippen LogP contribution is -2.00. The second kappa shape index (κ2) is 2.79. The van der Waals surface area contributed by atoms with E-state index in [4.69, 9.17) is 5.11 Å². The summed E-state index contributed by atoms with van der Waals surface area (Å²) in [5, 5.41) is 12.9. The van der Waals surface area contributed by atoms with Crippen LogP contribution in [0.1, 0.15) is 17.9 Å². The Hall–Kier alpha value is -1.91. The summed E-state index contributed by atoms with van der Waals surface area (Å²) in [5.74, 6) is -0.844. The summed E-state index contributed by atoms with van der Waals surface area (Å²) in [7, 11) is 0. The van der Waals surface area contributed by atoms with Crippen LogP contribution in [0, 0.1) is 5.92 Å². The van der Waals surface area contributed by atoms with E-state index in [1.165, 1.54) is 0 Å². The van der Waals surface area contributed by atoms with Crippen LogP contribution in [0.4, 0.5) is 0 Å². The average molecular weight is 203 g/mol. The number of hydrogen-bond donors (Lipinski definition) is 1. The van der Waals surface area contributed by atoms with Crippen molar-refractivity contribution in [3.05, 3.63) is 30.2 Å². The van der Waals surface area contributed by atoms with Gasteiger partial charge in [0.2, 0.25) is 0 Å². The average Bonchev–Trinajstić information content (AvgIpc) is 2.89. The van der Waals surface area contributed by atoms with Gasteiger partial charge in [-0.25, -0.2) is 9.50 Å². The fraction of sp³-hybridized carbons (Fsp3) is 0.300. The molecule has 2 aromatic heterocycles. The summed E-state index contributed by atoms with van der Waals surface area (Å²) in [5.41, 5.74) is 1.74. The van der Waals surface area contributed by atoms with Gasteiger partial charge >= 0.3 is 5.97 Å². The number of carbonyl (C=O) groups is 1. The molecule has 2 unspecified atom stereocenters. The standard InChI is InChI=1S/C10H9N3O2/c14-10(15)8-3-7(8)6-4-11-9-1-2-12-13(9)5-6/h1-2,4-5,7-8H,3H2,(H,14,15). The van der Waals surface area contributed by atoms with Gasteiger partial charge in [0, 0.05) is 24.4 Å². The predicted octanol–water partition coefficient (Wildman–Crippen LogP) is 0.917. The van der Waals surface area contributed by atoms with Crippen molar-refractivity contribution in [2.24, 2.45) is 5.92 Å². The maximum absolute atomic E-state index is 10.7. The van der Waals surface area contributed by atoms with Gasteiger partial charge in [-0.15, -0.1) is 0 Å². The molecule has 0 aliphatic heterocycles. The van der Waals surface area contributed by atoms with Crippen LogP contribution in [-0.4, -0.2) is 25.7 Å². The molecule has 2 atom stereocenters. The zero-order valence-corrected chi connectivity index (χ0v) is 7.87. The third kappa shape index (κ3) is 1.27. The molecule has 0 aromatic carbocycles. The lowest BCUT2D eigenvalue weighted by Gasteiger charge is -1.98. The normalized spacial score (nSPS) is 24.3. The Balaban J connectivity index is 1.96. The highest BCUT2D eigenvalue weighted by Gasteiger charge is 2.44. The first-order valence-corrected chi connectivity index (χ1v) is 4.78. The lowest BCUT2D eigenvalue weighted by molar-refractivity contribution is -0.138. The zero-order valence-electron chi connectivity index (χ0n) is 7.87.